The van der Waals surface area contributed by atoms with Crippen LogP contribution in [-0.2, 0) is 11.2 Å². The first-order valence-electron chi connectivity index (χ1n) is 4.78. The van der Waals surface area contributed by atoms with Gasteiger partial charge in [-0.2, -0.15) is 0 Å². The largest absolute Gasteiger partial charge is 0.481 e. The Morgan fingerprint density at radius 1 is 1.47 bits per heavy atom. The summed E-state index contributed by atoms with van der Waals surface area (Å²) in [5.74, 6) is -0.836. The van der Waals surface area contributed by atoms with Gasteiger partial charge in [-0.15, -0.1) is 0 Å². The summed E-state index contributed by atoms with van der Waals surface area (Å²) in [5, 5.41) is 19.4. The molecule has 0 fully saturated rings. The number of ether oxygens (including phenoxy) is 1. The van der Waals surface area contributed by atoms with Gasteiger partial charge in [0.05, 0.1) is 7.11 Å². The third-order valence-electron chi connectivity index (χ3n) is 2.04. The molecule has 0 atom stereocenters. The van der Waals surface area contributed by atoms with Crippen molar-refractivity contribution < 1.29 is 24.5 Å². The van der Waals surface area contributed by atoms with E-state index in [9.17, 15) is 9.59 Å². The van der Waals surface area contributed by atoms with Crippen molar-refractivity contribution in [3.8, 4) is 5.88 Å². The predicted molar refractivity (Wildman–Crippen MR) is 58.4 cm³/mol. The van der Waals surface area contributed by atoms with E-state index in [1.165, 1.54) is 13.3 Å². The molecule has 0 aliphatic carbocycles. The molecule has 1 rings (SSSR count). The van der Waals surface area contributed by atoms with Gasteiger partial charge < -0.3 is 14.9 Å². The van der Waals surface area contributed by atoms with Crippen molar-refractivity contribution in [3.63, 3.8) is 0 Å². The summed E-state index contributed by atoms with van der Waals surface area (Å²) >= 11 is 0. The standard InChI is InChI=1S/C10H12N2O5/c1-17-9-8(12-10(15)16)6(4-5-11-9)2-3-7(13)14/h4-5,12H,2-3H2,1H3,(H,13,14)(H,15,16). The second-order valence-corrected chi connectivity index (χ2v) is 3.18. The van der Waals surface area contributed by atoms with Gasteiger partial charge in [-0.25, -0.2) is 9.78 Å². The number of nitrogens with one attached hydrogen (secondary N) is 1. The number of pyridine rings is 1. The molecule has 0 unspecified atom stereocenters. The van der Waals surface area contributed by atoms with Crippen LogP contribution in [-0.4, -0.2) is 34.4 Å². The van der Waals surface area contributed by atoms with Crippen LogP contribution in [0, 0.1) is 0 Å². The lowest BCUT2D eigenvalue weighted by molar-refractivity contribution is -0.136. The molecule has 0 saturated heterocycles. The van der Waals surface area contributed by atoms with Crippen LogP contribution in [0.5, 0.6) is 5.88 Å². The summed E-state index contributed by atoms with van der Waals surface area (Å²) in [6, 6.07) is 1.55. The van der Waals surface area contributed by atoms with E-state index >= 15 is 0 Å². The third-order valence-corrected chi connectivity index (χ3v) is 2.04. The number of hydrogen-bond acceptors (Lipinski definition) is 4. The third kappa shape index (κ3) is 3.63. The Bertz CT molecular complexity index is 433. The molecule has 1 amide bonds. The minimum Gasteiger partial charge on any atom is -0.481 e. The van der Waals surface area contributed by atoms with Gasteiger partial charge in [-0.05, 0) is 18.1 Å². The number of aromatic nitrogens is 1. The molecular weight excluding hydrogens is 228 g/mol. The first-order chi connectivity index (χ1) is 8.04. The SMILES string of the molecule is COc1nccc(CCC(=O)O)c1NC(=O)O. The van der Waals surface area contributed by atoms with Crippen molar-refractivity contribution in [2.24, 2.45) is 0 Å². The highest BCUT2D eigenvalue weighted by Gasteiger charge is 2.13. The van der Waals surface area contributed by atoms with E-state index in [4.69, 9.17) is 14.9 Å². The first kappa shape index (κ1) is 12.8. The van der Waals surface area contributed by atoms with Crippen LogP contribution in [0.1, 0.15) is 12.0 Å². The van der Waals surface area contributed by atoms with Crippen molar-refractivity contribution >= 4 is 17.7 Å². The molecule has 7 heteroatoms. The molecule has 0 saturated carbocycles. The lowest BCUT2D eigenvalue weighted by Crippen LogP contribution is -2.12. The van der Waals surface area contributed by atoms with Crippen LogP contribution in [0.4, 0.5) is 10.5 Å². The Labute approximate surface area is 97.1 Å². The zero-order chi connectivity index (χ0) is 12.8. The second kappa shape index (κ2) is 5.69. The van der Waals surface area contributed by atoms with Crippen molar-refractivity contribution in [2.75, 3.05) is 12.4 Å². The molecule has 0 radical (unpaired) electrons. The molecule has 0 aromatic carbocycles. The van der Waals surface area contributed by atoms with Crippen LogP contribution >= 0.6 is 0 Å². The van der Waals surface area contributed by atoms with E-state index in [1.54, 1.807) is 6.07 Å². The number of aryl methyl sites for hydroxylation is 1. The molecule has 0 spiro atoms. The van der Waals surface area contributed by atoms with Crippen molar-refractivity contribution in [3.05, 3.63) is 17.8 Å². The molecule has 1 aromatic rings. The smallest absolute Gasteiger partial charge is 0.409 e. The van der Waals surface area contributed by atoms with E-state index in [2.05, 4.69) is 10.3 Å². The maximum atomic E-state index is 10.6. The summed E-state index contributed by atoms with van der Waals surface area (Å²) in [4.78, 5) is 24.9. The number of methoxy groups -OCH3 is 1. The second-order valence-electron chi connectivity index (χ2n) is 3.18. The molecule has 1 aromatic heterocycles. The summed E-state index contributed by atoms with van der Waals surface area (Å²) in [6.45, 7) is 0. The maximum absolute atomic E-state index is 10.6. The fraction of sp³-hybridized carbons (Fsp3) is 0.300. The molecule has 1 heterocycles. The Morgan fingerprint density at radius 2 is 2.18 bits per heavy atom. The molecule has 0 aliphatic heterocycles. The molecule has 92 valence electrons. The molecular formula is C10H12N2O5. The van der Waals surface area contributed by atoms with E-state index in [0.29, 0.717) is 5.56 Å². The quantitative estimate of drug-likeness (QED) is 0.713. The molecule has 0 bridgehead atoms. The Balaban J connectivity index is 3.00. The van der Waals surface area contributed by atoms with Gasteiger partial charge in [-0.3, -0.25) is 10.1 Å². The number of anilines is 1. The van der Waals surface area contributed by atoms with Gasteiger partial charge in [0.2, 0.25) is 5.88 Å². The monoisotopic (exact) mass is 240 g/mol. The highest BCUT2D eigenvalue weighted by Crippen LogP contribution is 2.26. The van der Waals surface area contributed by atoms with Gasteiger partial charge in [-0.1, -0.05) is 0 Å². The van der Waals surface area contributed by atoms with E-state index in [0.717, 1.165) is 0 Å². The van der Waals surface area contributed by atoms with Crippen LogP contribution in [0.3, 0.4) is 0 Å². The molecule has 7 nitrogen and oxygen atoms in total. The van der Waals surface area contributed by atoms with Crippen molar-refractivity contribution in [1.29, 1.82) is 0 Å². The number of aliphatic carboxylic acids is 1. The number of carboxylic acids is 1. The normalized spacial score (nSPS) is 9.71. The fourth-order valence-corrected chi connectivity index (χ4v) is 1.33. The zero-order valence-electron chi connectivity index (χ0n) is 9.14. The zero-order valence-corrected chi connectivity index (χ0v) is 9.14. The van der Waals surface area contributed by atoms with Gasteiger partial charge in [0.25, 0.3) is 0 Å². The van der Waals surface area contributed by atoms with E-state index in [-0.39, 0.29) is 24.4 Å². The average molecular weight is 240 g/mol. The number of rotatable bonds is 5. The van der Waals surface area contributed by atoms with Gasteiger partial charge >= 0.3 is 12.1 Å². The minimum atomic E-state index is -1.26. The van der Waals surface area contributed by atoms with Crippen molar-refractivity contribution in [2.45, 2.75) is 12.8 Å². The molecule has 0 aliphatic rings. The minimum absolute atomic E-state index is 0.0958. The van der Waals surface area contributed by atoms with Crippen LogP contribution in [0.2, 0.25) is 0 Å². The summed E-state index contributed by atoms with van der Waals surface area (Å²) < 4.78 is 4.91. The summed E-state index contributed by atoms with van der Waals surface area (Å²) in [5.41, 5.74) is 0.713. The van der Waals surface area contributed by atoms with Crippen LogP contribution in [0.25, 0.3) is 0 Å². The number of carboxylic acid groups (broad SMARTS) is 2. The topological polar surface area (TPSA) is 109 Å². The lowest BCUT2D eigenvalue weighted by Gasteiger charge is -2.11. The van der Waals surface area contributed by atoms with Crippen LogP contribution < -0.4 is 10.1 Å². The lowest BCUT2D eigenvalue weighted by atomic mass is 10.1. The fourth-order valence-electron chi connectivity index (χ4n) is 1.33. The van der Waals surface area contributed by atoms with Gasteiger partial charge in [0.15, 0.2) is 0 Å². The van der Waals surface area contributed by atoms with Gasteiger partial charge in [0, 0.05) is 12.6 Å². The highest BCUT2D eigenvalue weighted by molar-refractivity contribution is 5.86. The Kier molecular flexibility index (Phi) is 4.27. The Morgan fingerprint density at radius 3 is 2.71 bits per heavy atom. The summed E-state index contributed by atoms with van der Waals surface area (Å²) in [6.07, 6.45) is 0.279. The number of amides is 1. The summed E-state index contributed by atoms with van der Waals surface area (Å²) in [7, 11) is 1.36. The highest BCUT2D eigenvalue weighted by atomic mass is 16.5. The molecule has 17 heavy (non-hydrogen) atoms. The number of nitrogens with zero attached hydrogens (tertiary/aromatic N) is 1. The van der Waals surface area contributed by atoms with Crippen molar-refractivity contribution in [1.82, 2.24) is 4.98 Å². The Hall–Kier alpha value is -2.31. The predicted octanol–water partition coefficient (Wildman–Crippen LogP) is 1.20. The van der Waals surface area contributed by atoms with E-state index < -0.39 is 12.1 Å². The maximum Gasteiger partial charge on any atom is 0.409 e. The van der Waals surface area contributed by atoms with Gasteiger partial charge in [0.1, 0.15) is 5.69 Å². The number of carbonyl (C=O) groups is 2. The first-order valence-corrected chi connectivity index (χ1v) is 4.78. The van der Waals surface area contributed by atoms with E-state index in [1.807, 2.05) is 0 Å². The molecule has 3 N–H and O–H groups in total. The average Bonchev–Trinajstić information content (AvgIpc) is 2.26. The van der Waals surface area contributed by atoms with Crippen LogP contribution in [0.15, 0.2) is 12.3 Å². The number of hydrogen-bond donors (Lipinski definition) is 3.